The van der Waals surface area contributed by atoms with E-state index in [1.165, 1.54) is 0 Å². The first-order valence-corrected chi connectivity index (χ1v) is 8.23. The first-order chi connectivity index (χ1) is 10.2. The minimum atomic E-state index is -0.0237. The van der Waals surface area contributed by atoms with Gasteiger partial charge in [-0.05, 0) is 77.2 Å². The van der Waals surface area contributed by atoms with Crippen molar-refractivity contribution in [2.75, 3.05) is 13.2 Å². The van der Waals surface area contributed by atoms with Crippen LogP contribution in [0.3, 0.4) is 0 Å². The molecule has 0 saturated carbocycles. The fourth-order valence-electron chi connectivity index (χ4n) is 2.12. The van der Waals surface area contributed by atoms with Crippen molar-refractivity contribution in [3.63, 3.8) is 0 Å². The van der Waals surface area contributed by atoms with Gasteiger partial charge in [0.2, 0.25) is 0 Å². The monoisotopic (exact) mass is 371 g/mol. The second-order valence-corrected chi connectivity index (χ2v) is 5.88. The quantitative estimate of drug-likeness (QED) is 0.727. The van der Waals surface area contributed by atoms with Crippen LogP contribution in [0.2, 0.25) is 5.22 Å². The van der Waals surface area contributed by atoms with Crippen LogP contribution in [-0.2, 0) is 0 Å². The Kier molecular flexibility index (Phi) is 6.15. The molecule has 0 saturated heterocycles. The Morgan fingerprint density at radius 1 is 1.29 bits per heavy atom. The Labute approximate surface area is 138 Å². The maximum atomic E-state index is 5.90. The fraction of sp³-hybridized carbons (Fsp3) is 0.375. The molecule has 0 aliphatic heterocycles. The zero-order chi connectivity index (χ0) is 15.2. The summed E-state index contributed by atoms with van der Waals surface area (Å²) in [6, 6.07) is 9.70. The Balaban J connectivity index is 2.30. The average molecular weight is 373 g/mol. The molecule has 2 aromatic rings. The van der Waals surface area contributed by atoms with Crippen LogP contribution in [0.5, 0.6) is 5.75 Å². The van der Waals surface area contributed by atoms with Gasteiger partial charge in [0, 0.05) is 0 Å². The maximum Gasteiger partial charge on any atom is 0.193 e. The zero-order valence-electron chi connectivity index (χ0n) is 12.2. The second kappa shape index (κ2) is 7.87. The molecule has 114 valence electrons. The summed E-state index contributed by atoms with van der Waals surface area (Å²) in [5, 5.41) is 3.88. The number of benzene rings is 1. The third-order valence-electron chi connectivity index (χ3n) is 3.07. The van der Waals surface area contributed by atoms with E-state index >= 15 is 0 Å². The number of furan rings is 1. The molecule has 0 spiro atoms. The average Bonchev–Trinajstić information content (AvgIpc) is 2.89. The highest BCUT2D eigenvalue weighted by Gasteiger charge is 2.18. The van der Waals surface area contributed by atoms with Gasteiger partial charge in [-0.3, -0.25) is 0 Å². The van der Waals surface area contributed by atoms with Gasteiger partial charge in [-0.1, -0.05) is 13.0 Å². The van der Waals surface area contributed by atoms with Gasteiger partial charge in [-0.2, -0.15) is 0 Å². The Hall–Kier alpha value is -0.970. The van der Waals surface area contributed by atoms with Crippen molar-refractivity contribution in [1.82, 2.24) is 5.32 Å². The molecule has 21 heavy (non-hydrogen) atoms. The standard InChI is InChI=1S/C16H19BrClNO2/c1-3-9-19-16(14-7-8-15(18)21-14)11-5-6-13(20-4-2)12(17)10-11/h5-8,10,16,19H,3-4,9H2,1-2H3. The van der Waals surface area contributed by atoms with Crippen LogP contribution in [0.4, 0.5) is 0 Å². The number of rotatable bonds is 7. The summed E-state index contributed by atoms with van der Waals surface area (Å²) in [4.78, 5) is 0. The van der Waals surface area contributed by atoms with E-state index < -0.39 is 0 Å². The molecule has 2 rings (SSSR count). The lowest BCUT2D eigenvalue weighted by Gasteiger charge is -2.18. The predicted octanol–water partition coefficient (Wildman–Crippen LogP) is 5.18. The summed E-state index contributed by atoms with van der Waals surface area (Å²) in [6.45, 7) is 5.64. The lowest BCUT2D eigenvalue weighted by molar-refractivity contribution is 0.338. The largest absolute Gasteiger partial charge is 0.493 e. The van der Waals surface area contributed by atoms with Crippen molar-refractivity contribution in [3.05, 3.63) is 51.3 Å². The zero-order valence-corrected chi connectivity index (χ0v) is 14.5. The molecule has 1 atom stereocenters. The van der Waals surface area contributed by atoms with E-state index in [1.807, 2.05) is 25.1 Å². The highest BCUT2D eigenvalue weighted by molar-refractivity contribution is 9.10. The summed E-state index contributed by atoms with van der Waals surface area (Å²) in [5.41, 5.74) is 1.10. The molecular weight excluding hydrogens is 354 g/mol. The third-order valence-corrected chi connectivity index (χ3v) is 3.89. The van der Waals surface area contributed by atoms with E-state index in [4.69, 9.17) is 20.8 Å². The fourth-order valence-corrected chi connectivity index (χ4v) is 2.79. The molecule has 5 heteroatoms. The van der Waals surface area contributed by atoms with Crippen molar-refractivity contribution in [3.8, 4) is 5.75 Å². The van der Waals surface area contributed by atoms with Crippen LogP contribution in [0, 0.1) is 0 Å². The molecule has 0 radical (unpaired) electrons. The van der Waals surface area contributed by atoms with Crippen LogP contribution >= 0.6 is 27.5 Å². The predicted molar refractivity (Wildman–Crippen MR) is 89.2 cm³/mol. The van der Waals surface area contributed by atoms with Crippen molar-refractivity contribution < 1.29 is 9.15 Å². The van der Waals surface area contributed by atoms with Crippen molar-refractivity contribution in [2.24, 2.45) is 0 Å². The van der Waals surface area contributed by atoms with Gasteiger partial charge >= 0.3 is 0 Å². The molecule has 1 unspecified atom stereocenters. The summed E-state index contributed by atoms with van der Waals surface area (Å²) in [5.74, 6) is 1.65. The lowest BCUT2D eigenvalue weighted by Crippen LogP contribution is -2.22. The van der Waals surface area contributed by atoms with E-state index in [0.717, 1.165) is 34.5 Å². The van der Waals surface area contributed by atoms with E-state index in [1.54, 1.807) is 6.07 Å². The number of hydrogen-bond donors (Lipinski definition) is 1. The molecule has 0 bridgehead atoms. The maximum absolute atomic E-state index is 5.90. The van der Waals surface area contributed by atoms with Crippen LogP contribution in [0.15, 0.2) is 39.2 Å². The van der Waals surface area contributed by atoms with Gasteiger partial charge in [0.05, 0.1) is 17.1 Å². The minimum absolute atomic E-state index is 0.0237. The Morgan fingerprint density at radius 2 is 2.10 bits per heavy atom. The summed E-state index contributed by atoms with van der Waals surface area (Å²) < 4.78 is 12.1. The normalized spacial score (nSPS) is 12.4. The number of halogens is 2. The van der Waals surface area contributed by atoms with Gasteiger partial charge in [-0.25, -0.2) is 0 Å². The van der Waals surface area contributed by atoms with E-state index in [-0.39, 0.29) is 6.04 Å². The molecule has 1 N–H and O–H groups in total. The molecule has 3 nitrogen and oxygen atoms in total. The van der Waals surface area contributed by atoms with E-state index in [0.29, 0.717) is 11.8 Å². The Morgan fingerprint density at radius 3 is 2.67 bits per heavy atom. The third kappa shape index (κ3) is 4.25. The van der Waals surface area contributed by atoms with E-state index in [9.17, 15) is 0 Å². The SMILES string of the molecule is CCCNC(c1ccc(OCC)c(Br)c1)c1ccc(Cl)o1. The van der Waals surface area contributed by atoms with Crippen LogP contribution in [-0.4, -0.2) is 13.2 Å². The topological polar surface area (TPSA) is 34.4 Å². The highest BCUT2D eigenvalue weighted by Crippen LogP contribution is 2.32. The van der Waals surface area contributed by atoms with Crippen molar-refractivity contribution in [1.29, 1.82) is 0 Å². The molecule has 1 aromatic carbocycles. The molecule has 0 aliphatic carbocycles. The highest BCUT2D eigenvalue weighted by atomic mass is 79.9. The van der Waals surface area contributed by atoms with Crippen LogP contribution in [0.25, 0.3) is 0 Å². The molecule has 0 aliphatic rings. The van der Waals surface area contributed by atoms with E-state index in [2.05, 4.69) is 34.2 Å². The molecule has 0 amide bonds. The molecule has 0 fully saturated rings. The lowest BCUT2D eigenvalue weighted by atomic mass is 10.0. The summed E-state index contributed by atoms with van der Waals surface area (Å²) >= 11 is 9.45. The van der Waals surface area contributed by atoms with Gasteiger partial charge in [-0.15, -0.1) is 0 Å². The van der Waals surface area contributed by atoms with Gasteiger partial charge in [0.25, 0.3) is 0 Å². The number of nitrogens with one attached hydrogen (secondary N) is 1. The van der Waals surface area contributed by atoms with Crippen LogP contribution in [0.1, 0.15) is 37.6 Å². The minimum Gasteiger partial charge on any atom is -0.493 e. The second-order valence-electron chi connectivity index (χ2n) is 4.65. The molecule has 1 aromatic heterocycles. The Bertz CT molecular complexity index is 585. The van der Waals surface area contributed by atoms with Gasteiger partial charge in [0.1, 0.15) is 11.5 Å². The number of ether oxygens (including phenoxy) is 1. The summed E-state index contributed by atoms with van der Waals surface area (Å²) in [6.07, 6.45) is 1.04. The van der Waals surface area contributed by atoms with Crippen molar-refractivity contribution >= 4 is 27.5 Å². The first kappa shape index (κ1) is 16.4. The summed E-state index contributed by atoms with van der Waals surface area (Å²) in [7, 11) is 0. The smallest absolute Gasteiger partial charge is 0.193 e. The molecular formula is C16H19BrClNO2. The first-order valence-electron chi connectivity index (χ1n) is 7.06. The van der Waals surface area contributed by atoms with Crippen molar-refractivity contribution in [2.45, 2.75) is 26.3 Å². The molecule has 1 heterocycles. The van der Waals surface area contributed by atoms with Crippen LogP contribution < -0.4 is 10.1 Å². The van der Waals surface area contributed by atoms with Gasteiger partial charge in [0.15, 0.2) is 5.22 Å². The van der Waals surface area contributed by atoms with Gasteiger partial charge < -0.3 is 14.5 Å². The number of hydrogen-bond acceptors (Lipinski definition) is 3.